The highest BCUT2D eigenvalue weighted by Gasteiger charge is 2.22. The van der Waals surface area contributed by atoms with Crippen molar-refractivity contribution in [3.8, 4) is 22.3 Å². The summed E-state index contributed by atoms with van der Waals surface area (Å²) >= 11 is 0. The number of hydrogen-bond acceptors (Lipinski definition) is 3. The first-order chi connectivity index (χ1) is 24.3. The molecule has 3 nitrogen and oxygen atoms in total. The maximum absolute atomic E-state index is 6.73. The molecular weight excluding hydrogens is 599 g/mol. The molecular formula is C46H29NO2. The summed E-state index contributed by atoms with van der Waals surface area (Å²) in [4.78, 5) is 2.32. The molecule has 10 aromatic rings. The first-order valence-corrected chi connectivity index (χ1v) is 16.6. The standard InChI is InChI=1S/C46H29NO2/c1-2-11-30(12-3-1)31-21-25-34(26-22-31)47(40-29-33-13-4-5-14-37(33)45-39-16-7-9-19-42(39)49-46(40)45)35-27-23-32(24-28-35)36-17-10-20-43-44(36)38-15-6-8-18-41(38)48-43/h1-29H. The topological polar surface area (TPSA) is 29.5 Å². The first-order valence-electron chi connectivity index (χ1n) is 16.6. The molecule has 0 unspecified atom stereocenters. The van der Waals surface area contributed by atoms with Crippen LogP contribution >= 0.6 is 0 Å². The van der Waals surface area contributed by atoms with Crippen molar-refractivity contribution in [1.82, 2.24) is 0 Å². The van der Waals surface area contributed by atoms with E-state index in [-0.39, 0.29) is 0 Å². The number of para-hydroxylation sites is 2. The second-order valence-corrected chi connectivity index (χ2v) is 12.5. The van der Waals surface area contributed by atoms with Crippen molar-refractivity contribution < 1.29 is 8.83 Å². The molecule has 230 valence electrons. The van der Waals surface area contributed by atoms with Gasteiger partial charge < -0.3 is 13.7 Å². The van der Waals surface area contributed by atoms with Gasteiger partial charge in [-0.2, -0.15) is 0 Å². The predicted octanol–water partition coefficient (Wildman–Crippen LogP) is 13.4. The molecule has 0 radical (unpaired) electrons. The predicted molar refractivity (Wildman–Crippen MR) is 204 cm³/mol. The van der Waals surface area contributed by atoms with Crippen LogP contribution < -0.4 is 4.90 Å². The van der Waals surface area contributed by atoms with Gasteiger partial charge in [0, 0.05) is 32.9 Å². The Bertz CT molecular complexity index is 2810. The highest BCUT2D eigenvalue weighted by molar-refractivity contribution is 6.23. The molecule has 0 aliphatic heterocycles. The Hall–Kier alpha value is -6.58. The monoisotopic (exact) mass is 627 g/mol. The first kappa shape index (κ1) is 27.5. The molecule has 0 bridgehead atoms. The number of rotatable bonds is 5. The molecule has 0 aliphatic rings. The highest BCUT2D eigenvalue weighted by atomic mass is 16.3. The van der Waals surface area contributed by atoms with Crippen LogP contribution in [0.1, 0.15) is 0 Å². The molecule has 0 saturated carbocycles. The molecule has 0 fully saturated rings. The van der Waals surface area contributed by atoms with Gasteiger partial charge in [0.2, 0.25) is 0 Å². The lowest BCUT2D eigenvalue weighted by Crippen LogP contribution is -2.10. The van der Waals surface area contributed by atoms with Crippen molar-refractivity contribution in [3.05, 3.63) is 176 Å². The van der Waals surface area contributed by atoms with Crippen LogP contribution in [0.25, 0.3) is 76.9 Å². The van der Waals surface area contributed by atoms with Crippen LogP contribution in [0, 0.1) is 0 Å². The Labute approximate surface area is 282 Å². The van der Waals surface area contributed by atoms with Crippen molar-refractivity contribution in [1.29, 1.82) is 0 Å². The third kappa shape index (κ3) is 4.44. The number of benzene rings is 8. The SMILES string of the molecule is c1ccc(-c2ccc(N(c3ccc(-c4cccc5oc6ccccc6c45)cc3)c3cc4ccccc4c4c3oc3ccccc34)cc2)cc1. The van der Waals surface area contributed by atoms with E-state index in [2.05, 4.69) is 157 Å². The van der Waals surface area contributed by atoms with E-state index < -0.39 is 0 Å². The van der Waals surface area contributed by atoms with Crippen LogP contribution in [0.5, 0.6) is 0 Å². The molecule has 2 aromatic heterocycles. The van der Waals surface area contributed by atoms with Gasteiger partial charge in [0.05, 0.1) is 5.69 Å². The summed E-state index contributed by atoms with van der Waals surface area (Å²) in [6, 6.07) is 61.9. The van der Waals surface area contributed by atoms with E-state index in [1.807, 2.05) is 24.3 Å². The molecule has 2 heterocycles. The minimum Gasteiger partial charge on any atom is -0.456 e. The fraction of sp³-hybridized carbons (Fsp3) is 0. The Morgan fingerprint density at radius 1 is 0.367 bits per heavy atom. The Morgan fingerprint density at radius 3 is 1.65 bits per heavy atom. The molecule has 10 rings (SSSR count). The lowest BCUT2D eigenvalue weighted by atomic mass is 9.98. The van der Waals surface area contributed by atoms with Crippen LogP contribution in [0.2, 0.25) is 0 Å². The molecule has 49 heavy (non-hydrogen) atoms. The number of hydrogen-bond donors (Lipinski definition) is 0. The number of furan rings is 2. The fourth-order valence-electron chi connectivity index (χ4n) is 7.39. The molecule has 8 aromatic carbocycles. The van der Waals surface area contributed by atoms with Gasteiger partial charge in [0.1, 0.15) is 16.7 Å². The molecule has 0 aliphatic carbocycles. The summed E-state index contributed by atoms with van der Waals surface area (Å²) in [5, 5.41) is 6.85. The van der Waals surface area contributed by atoms with Gasteiger partial charge >= 0.3 is 0 Å². The van der Waals surface area contributed by atoms with Gasteiger partial charge in [-0.05, 0) is 81.6 Å². The molecule has 0 spiro atoms. The zero-order chi connectivity index (χ0) is 32.3. The Kier molecular flexibility index (Phi) is 6.18. The Balaban J connectivity index is 1.19. The molecule has 0 saturated heterocycles. The highest BCUT2D eigenvalue weighted by Crippen LogP contribution is 2.46. The third-order valence-corrected chi connectivity index (χ3v) is 9.66. The average molecular weight is 628 g/mol. The summed E-state index contributed by atoms with van der Waals surface area (Å²) in [5.74, 6) is 0. The average Bonchev–Trinajstić information content (AvgIpc) is 3.75. The summed E-state index contributed by atoms with van der Waals surface area (Å²) in [6.07, 6.45) is 0. The van der Waals surface area contributed by atoms with Gasteiger partial charge in [-0.1, -0.05) is 127 Å². The molecule has 3 heteroatoms. The lowest BCUT2D eigenvalue weighted by molar-refractivity contribution is 0.669. The maximum atomic E-state index is 6.73. The fourth-order valence-corrected chi connectivity index (χ4v) is 7.39. The Morgan fingerprint density at radius 2 is 0.918 bits per heavy atom. The van der Waals surface area contributed by atoms with E-state index in [0.717, 1.165) is 77.5 Å². The summed E-state index contributed by atoms with van der Waals surface area (Å²) < 4.78 is 12.9. The second kappa shape index (κ2) is 11.0. The summed E-state index contributed by atoms with van der Waals surface area (Å²) in [6.45, 7) is 0. The van der Waals surface area contributed by atoms with Crippen LogP contribution in [0.4, 0.5) is 17.1 Å². The second-order valence-electron chi connectivity index (χ2n) is 12.5. The van der Waals surface area contributed by atoms with Gasteiger partial charge in [-0.3, -0.25) is 0 Å². The van der Waals surface area contributed by atoms with Gasteiger partial charge in [-0.25, -0.2) is 0 Å². The quantitative estimate of drug-likeness (QED) is 0.190. The zero-order valence-electron chi connectivity index (χ0n) is 26.5. The summed E-state index contributed by atoms with van der Waals surface area (Å²) in [5.41, 5.74) is 11.3. The largest absolute Gasteiger partial charge is 0.456 e. The van der Waals surface area contributed by atoms with E-state index in [1.54, 1.807) is 0 Å². The van der Waals surface area contributed by atoms with Crippen LogP contribution in [-0.4, -0.2) is 0 Å². The molecule has 0 atom stereocenters. The molecule has 0 amide bonds. The number of fused-ring (bicyclic) bond motifs is 8. The van der Waals surface area contributed by atoms with Crippen molar-refractivity contribution >= 4 is 71.7 Å². The van der Waals surface area contributed by atoms with Crippen molar-refractivity contribution in [3.63, 3.8) is 0 Å². The van der Waals surface area contributed by atoms with Crippen molar-refractivity contribution in [2.24, 2.45) is 0 Å². The third-order valence-electron chi connectivity index (χ3n) is 9.66. The van der Waals surface area contributed by atoms with Crippen LogP contribution in [0.3, 0.4) is 0 Å². The minimum absolute atomic E-state index is 0.866. The minimum atomic E-state index is 0.866. The van der Waals surface area contributed by atoms with Gasteiger partial charge in [0.25, 0.3) is 0 Å². The lowest BCUT2D eigenvalue weighted by Gasteiger charge is -2.26. The smallest absolute Gasteiger partial charge is 0.160 e. The zero-order valence-corrected chi connectivity index (χ0v) is 26.5. The number of nitrogens with zero attached hydrogens (tertiary/aromatic N) is 1. The summed E-state index contributed by atoms with van der Waals surface area (Å²) in [7, 11) is 0. The van der Waals surface area contributed by atoms with Gasteiger partial charge in [0.15, 0.2) is 5.58 Å². The van der Waals surface area contributed by atoms with Gasteiger partial charge in [-0.15, -0.1) is 0 Å². The molecule has 0 N–H and O–H groups in total. The van der Waals surface area contributed by atoms with Crippen LogP contribution in [0.15, 0.2) is 185 Å². The van der Waals surface area contributed by atoms with Crippen LogP contribution in [-0.2, 0) is 0 Å². The van der Waals surface area contributed by atoms with E-state index >= 15 is 0 Å². The van der Waals surface area contributed by atoms with E-state index in [0.29, 0.717) is 0 Å². The van der Waals surface area contributed by atoms with E-state index in [1.165, 1.54) is 16.5 Å². The van der Waals surface area contributed by atoms with Crippen molar-refractivity contribution in [2.45, 2.75) is 0 Å². The maximum Gasteiger partial charge on any atom is 0.160 e. The van der Waals surface area contributed by atoms with Crippen molar-refractivity contribution in [2.75, 3.05) is 4.90 Å². The van der Waals surface area contributed by atoms with E-state index in [9.17, 15) is 0 Å². The van der Waals surface area contributed by atoms with E-state index in [4.69, 9.17) is 8.83 Å². The number of anilines is 3. The normalized spacial score (nSPS) is 11.7.